The van der Waals surface area contributed by atoms with E-state index in [2.05, 4.69) is 31.9 Å². The summed E-state index contributed by atoms with van der Waals surface area (Å²) in [4.78, 5) is -0.120. The lowest BCUT2D eigenvalue weighted by Crippen LogP contribution is -2.01. The van der Waals surface area contributed by atoms with Gasteiger partial charge < -0.3 is 4.74 Å². The molecular formula is C16H15Br2FO. The Labute approximate surface area is 135 Å². The highest BCUT2D eigenvalue weighted by Crippen LogP contribution is 2.40. The van der Waals surface area contributed by atoms with Gasteiger partial charge in [-0.05, 0) is 54.8 Å². The molecule has 0 fully saturated rings. The van der Waals surface area contributed by atoms with Crippen molar-refractivity contribution in [1.29, 1.82) is 0 Å². The van der Waals surface area contributed by atoms with Gasteiger partial charge in [-0.15, -0.1) is 0 Å². The normalized spacial score (nSPS) is 12.3. The molecule has 0 amide bonds. The van der Waals surface area contributed by atoms with Gasteiger partial charge in [0.25, 0.3) is 0 Å². The molecule has 0 aromatic heterocycles. The van der Waals surface area contributed by atoms with Gasteiger partial charge in [0.05, 0.1) is 11.9 Å². The zero-order valence-corrected chi connectivity index (χ0v) is 14.7. The quantitative estimate of drug-likeness (QED) is 0.599. The van der Waals surface area contributed by atoms with Gasteiger partial charge in [0.1, 0.15) is 11.6 Å². The fourth-order valence-corrected chi connectivity index (χ4v) is 3.31. The highest BCUT2D eigenvalue weighted by Gasteiger charge is 2.19. The zero-order valence-electron chi connectivity index (χ0n) is 11.5. The fraction of sp³-hybridized carbons (Fsp3) is 0.250. The molecule has 1 unspecified atom stereocenters. The molecule has 0 spiro atoms. The highest BCUT2D eigenvalue weighted by atomic mass is 79.9. The van der Waals surface area contributed by atoms with E-state index in [-0.39, 0.29) is 10.6 Å². The smallest absolute Gasteiger partial charge is 0.123 e. The molecule has 0 saturated heterocycles. The predicted molar refractivity (Wildman–Crippen MR) is 87.3 cm³/mol. The average Bonchev–Trinajstić information content (AvgIpc) is 2.43. The van der Waals surface area contributed by atoms with Gasteiger partial charge in [-0.1, -0.05) is 37.9 Å². The second-order valence-electron chi connectivity index (χ2n) is 4.71. The van der Waals surface area contributed by atoms with Crippen molar-refractivity contribution < 1.29 is 9.13 Å². The number of ether oxygens (including phenoxy) is 1. The summed E-state index contributed by atoms with van der Waals surface area (Å²) in [6.07, 6.45) is 0. The van der Waals surface area contributed by atoms with Gasteiger partial charge in [-0.25, -0.2) is 4.39 Å². The van der Waals surface area contributed by atoms with Gasteiger partial charge in [0, 0.05) is 10.0 Å². The van der Waals surface area contributed by atoms with E-state index in [1.807, 2.05) is 26.0 Å². The molecule has 0 aliphatic rings. The Bertz CT molecular complexity index is 641. The molecule has 106 valence electrons. The summed E-state index contributed by atoms with van der Waals surface area (Å²) in [5.41, 5.74) is 4.01. The number of halogens is 3. The molecule has 0 N–H and O–H groups in total. The molecule has 0 heterocycles. The minimum Gasteiger partial charge on any atom is -0.496 e. The predicted octanol–water partition coefficient (Wildman–Crippen LogP) is 5.70. The monoisotopic (exact) mass is 400 g/mol. The highest BCUT2D eigenvalue weighted by molar-refractivity contribution is 9.10. The molecule has 0 saturated carbocycles. The van der Waals surface area contributed by atoms with Crippen molar-refractivity contribution in [3.05, 3.63) is 62.9 Å². The van der Waals surface area contributed by atoms with Gasteiger partial charge in [0.15, 0.2) is 0 Å². The van der Waals surface area contributed by atoms with E-state index in [0.29, 0.717) is 0 Å². The molecule has 2 rings (SSSR count). The maximum Gasteiger partial charge on any atom is 0.123 e. The van der Waals surface area contributed by atoms with Crippen LogP contribution in [0, 0.1) is 19.7 Å². The van der Waals surface area contributed by atoms with Gasteiger partial charge in [0.2, 0.25) is 0 Å². The van der Waals surface area contributed by atoms with Crippen LogP contribution in [-0.2, 0) is 0 Å². The number of hydrogen-bond acceptors (Lipinski definition) is 1. The molecule has 2 aromatic rings. The molecule has 0 aliphatic carbocycles. The van der Waals surface area contributed by atoms with Crippen LogP contribution >= 0.6 is 31.9 Å². The Hall–Kier alpha value is -0.870. The zero-order chi connectivity index (χ0) is 14.9. The van der Waals surface area contributed by atoms with Crippen molar-refractivity contribution in [2.24, 2.45) is 0 Å². The number of methoxy groups -OCH3 is 1. The van der Waals surface area contributed by atoms with E-state index in [1.165, 1.54) is 6.07 Å². The van der Waals surface area contributed by atoms with Crippen LogP contribution in [0.1, 0.15) is 27.1 Å². The van der Waals surface area contributed by atoms with Crippen LogP contribution < -0.4 is 4.74 Å². The third-order valence-corrected chi connectivity index (χ3v) is 5.14. The maximum atomic E-state index is 13.5. The number of alkyl halides is 1. The summed E-state index contributed by atoms with van der Waals surface area (Å²) in [7, 11) is 1.64. The summed E-state index contributed by atoms with van der Waals surface area (Å²) in [6.45, 7) is 3.98. The van der Waals surface area contributed by atoms with E-state index in [1.54, 1.807) is 19.2 Å². The largest absolute Gasteiger partial charge is 0.496 e. The molecule has 1 atom stereocenters. The molecular weight excluding hydrogens is 387 g/mol. The van der Waals surface area contributed by atoms with E-state index >= 15 is 0 Å². The Morgan fingerprint density at radius 1 is 1.05 bits per heavy atom. The Kier molecular flexibility index (Phi) is 4.86. The Morgan fingerprint density at radius 3 is 2.40 bits per heavy atom. The summed E-state index contributed by atoms with van der Waals surface area (Å²) >= 11 is 7.19. The van der Waals surface area contributed by atoms with Crippen molar-refractivity contribution in [1.82, 2.24) is 0 Å². The van der Waals surface area contributed by atoms with Crippen LogP contribution in [0.15, 0.2) is 34.8 Å². The lowest BCUT2D eigenvalue weighted by molar-refractivity contribution is 0.410. The van der Waals surface area contributed by atoms with E-state index in [0.717, 1.165) is 32.5 Å². The first-order chi connectivity index (χ1) is 9.43. The number of hydrogen-bond donors (Lipinski definition) is 0. The first kappa shape index (κ1) is 15.5. The van der Waals surface area contributed by atoms with Crippen LogP contribution in [0.5, 0.6) is 5.75 Å². The lowest BCUT2D eigenvalue weighted by atomic mass is 9.98. The number of benzene rings is 2. The Morgan fingerprint density at radius 2 is 1.75 bits per heavy atom. The van der Waals surface area contributed by atoms with Gasteiger partial charge >= 0.3 is 0 Å². The third-order valence-electron chi connectivity index (χ3n) is 3.30. The van der Waals surface area contributed by atoms with E-state index < -0.39 is 0 Å². The van der Waals surface area contributed by atoms with E-state index in [9.17, 15) is 4.39 Å². The molecule has 0 bridgehead atoms. The van der Waals surface area contributed by atoms with Crippen LogP contribution in [0.25, 0.3) is 0 Å². The first-order valence-corrected chi connectivity index (χ1v) is 7.89. The maximum absolute atomic E-state index is 13.5. The molecule has 4 heteroatoms. The van der Waals surface area contributed by atoms with Crippen LogP contribution in [0.4, 0.5) is 4.39 Å². The number of aryl methyl sites for hydroxylation is 2. The molecule has 0 radical (unpaired) electrons. The topological polar surface area (TPSA) is 9.23 Å². The second-order valence-corrected chi connectivity index (χ2v) is 6.48. The first-order valence-electron chi connectivity index (χ1n) is 6.18. The summed E-state index contributed by atoms with van der Waals surface area (Å²) in [5.74, 6) is 0.552. The summed E-state index contributed by atoms with van der Waals surface area (Å²) in [6, 6.07) is 8.80. The van der Waals surface area contributed by atoms with Crippen LogP contribution in [-0.4, -0.2) is 7.11 Å². The minimum atomic E-state index is -0.236. The second kappa shape index (κ2) is 6.27. The molecule has 1 nitrogen and oxygen atoms in total. The molecule has 0 aliphatic heterocycles. The van der Waals surface area contributed by atoms with Gasteiger partial charge in [-0.3, -0.25) is 0 Å². The number of rotatable bonds is 3. The Balaban J connectivity index is 2.55. The fourth-order valence-electron chi connectivity index (χ4n) is 2.10. The SMILES string of the molecule is COc1cc(C)c(Br)cc1C(Br)c1cc(F)ccc1C. The summed E-state index contributed by atoms with van der Waals surface area (Å²) < 4.78 is 19.9. The summed E-state index contributed by atoms with van der Waals surface area (Å²) in [5, 5.41) is 0. The van der Waals surface area contributed by atoms with Crippen molar-refractivity contribution >= 4 is 31.9 Å². The lowest BCUT2D eigenvalue weighted by Gasteiger charge is -2.18. The van der Waals surface area contributed by atoms with Crippen molar-refractivity contribution in [3.8, 4) is 5.75 Å². The van der Waals surface area contributed by atoms with Crippen LogP contribution in [0.2, 0.25) is 0 Å². The standard InChI is InChI=1S/C16H15Br2FO/c1-9-4-5-11(19)7-12(9)16(18)13-8-14(17)10(2)6-15(13)20-3/h4-8,16H,1-3H3. The van der Waals surface area contributed by atoms with Gasteiger partial charge in [-0.2, -0.15) is 0 Å². The van der Waals surface area contributed by atoms with Crippen molar-refractivity contribution in [2.75, 3.05) is 7.11 Å². The van der Waals surface area contributed by atoms with Crippen molar-refractivity contribution in [3.63, 3.8) is 0 Å². The minimum absolute atomic E-state index is 0.120. The molecule has 2 aromatic carbocycles. The third kappa shape index (κ3) is 3.07. The van der Waals surface area contributed by atoms with E-state index in [4.69, 9.17) is 4.74 Å². The average molecular weight is 402 g/mol. The van der Waals surface area contributed by atoms with Crippen LogP contribution in [0.3, 0.4) is 0 Å². The van der Waals surface area contributed by atoms with Crippen molar-refractivity contribution in [2.45, 2.75) is 18.7 Å². The molecule has 20 heavy (non-hydrogen) atoms.